The molecule has 0 atom stereocenters. The molecule has 0 aliphatic heterocycles. The van der Waals surface area contributed by atoms with E-state index >= 15 is 0 Å². The molecule has 0 amide bonds. The minimum absolute atomic E-state index is 0. The van der Waals surface area contributed by atoms with Gasteiger partial charge in [0.1, 0.15) is 17.2 Å². The van der Waals surface area contributed by atoms with Gasteiger partial charge in [0, 0.05) is 53.9 Å². The monoisotopic (exact) mass is 1130 g/mol. The number of nitrogens with zero attached hydrogens (tertiary/aromatic N) is 6. The van der Waals surface area contributed by atoms with Crippen LogP contribution in [0.15, 0.2) is 138 Å². The molecule has 11 rings (SSSR count). The van der Waals surface area contributed by atoms with Crippen molar-refractivity contribution in [2.75, 3.05) is 0 Å². The molecule has 0 aliphatic carbocycles. The molecule has 0 spiro atoms. The minimum atomic E-state index is -1.43. The maximum atomic E-state index is 9.62. The second-order valence-electron chi connectivity index (χ2n) is 20.5. The number of furan rings is 1. The largest absolute Gasteiger partial charge is 0.498 e. The van der Waals surface area contributed by atoms with Crippen LogP contribution in [0, 0.1) is 23.5 Å². The first kappa shape index (κ1) is 48.4. The predicted molar refractivity (Wildman–Crippen MR) is 290 cm³/mol. The molecule has 10 heteroatoms. The van der Waals surface area contributed by atoms with E-state index in [0.29, 0.717) is 21.7 Å². The van der Waals surface area contributed by atoms with Crippen LogP contribution in [0.3, 0.4) is 0 Å². The van der Waals surface area contributed by atoms with Gasteiger partial charge in [-0.15, -0.1) is 65.4 Å². The van der Waals surface area contributed by atoms with Gasteiger partial charge in [-0.2, -0.15) is 5.26 Å². The number of nitriles is 1. The van der Waals surface area contributed by atoms with Gasteiger partial charge in [0.2, 0.25) is 0 Å². The fraction of sp³-hybridized carbons (Fsp3) is 0.217. The van der Waals surface area contributed by atoms with E-state index in [2.05, 4.69) is 191 Å². The number of benzene rings is 7. The number of hydrogen-bond donors (Lipinski definition) is 0. The van der Waals surface area contributed by atoms with E-state index in [4.69, 9.17) is 9.40 Å². The zero-order chi connectivity index (χ0) is 48.4. The SMILES string of the molecule is CC(C)(C)c1ccnc(-c2[c-]cccc2)n1.CC(C)c1cc(-c2ccc([Si](C)(C)C)cc2)cc(C(C)C)c1-n1c(-c2[c-]ccc3c2oc2c3ccc3sc(C#N)nc32)nc2ccc3ccccc3c21.[Ir]. The van der Waals surface area contributed by atoms with Crippen molar-refractivity contribution in [3.63, 3.8) is 0 Å². The van der Waals surface area contributed by atoms with Crippen molar-refractivity contribution in [3.05, 3.63) is 168 Å². The van der Waals surface area contributed by atoms with Crippen LogP contribution in [0.25, 0.3) is 93.6 Å². The van der Waals surface area contributed by atoms with Crippen molar-refractivity contribution in [1.29, 1.82) is 5.26 Å². The summed E-state index contributed by atoms with van der Waals surface area (Å²) in [5, 5.41) is 15.7. The Hall–Kier alpha value is -6.60. The smallest absolute Gasteiger partial charge is 0.195 e. The summed E-state index contributed by atoms with van der Waals surface area (Å²) in [5.74, 6) is 1.97. The van der Waals surface area contributed by atoms with Gasteiger partial charge in [-0.1, -0.05) is 145 Å². The van der Waals surface area contributed by atoms with E-state index in [0.717, 1.165) is 71.4 Å². The van der Waals surface area contributed by atoms with Crippen molar-refractivity contribution in [2.24, 2.45) is 0 Å². The first-order valence-corrected chi connectivity index (χ1v) is 28.0. The van der Waals surface area contributed by atoms with Gasteiger partial charge in [0.05, 0.1) is 41.0 Å². The molecule has 4 heterocycles. The Bertz CT molecular complexity index is 3750. The van der Waals surface area contributed by atoms with Gasteiger partial charge in [-0.05, 0) is 69.8 Å². The van der Waals surface area contributed by atoms with Crippen LogP contribution in [-0.4, -0.2) is 32.6 Å². The third-order valence-corrected chi connectivity index (χ3v) is 15.9. The second kappa shape index (κ2) is 19.0. The van der Waals surface area contributed by atoms with Gasteiger partial charge >= 0.3 is 0 Å². The van der Waals surface area contributed by atoms with E-state index in [9.17, 15) is 5.26 Å². The van der Waals surface area contributed by atoms with Crippen LogP contribution >= 0.6 is 11.3 Å². The summed E-state index contributed by atoms with van der Waals surface area (Å²) in [4.78, 5) is 18.9. The summed E-state index contributed by atoms with van der Waals surface area (Å²) >= 11 is 1.38. The number of thiazole rings is 1. The summed E-state index contributed by atoms with van der Waals surface area (Å²) in [6, 6.07) is 53.7. The third-order valence-electron chi connectivity index (χ3n) is 12.9. The van der Waals surface area contributed by atoms with Crippen molar-refractivity contribution in [3.8, 4) is 45.7 Å². The molecule has 7 aromatic carbocycles. The van der Waals surface area contributed by atoms with Crippen LogP contribution in [0.5, 0.6) is 0 Å². The Morgan fingerprint density at radius 2 is 1.43 bits per heavy atom. The van der Waals surface area contributed by atoms with Crippen LogP contribution in [0.4, 0.5) is 0 Å². The molecule has 1 radical (unpaired) electrons. The first-order valence-electron chi connectivity index (χ1n) is 23.7. The molecule has 7 nitrogen and oxygen atoms in total. The summed E-state index contributed by atoms with van der Waals surface area (Å²) in [7, 11) is -1.43. The zero-order valence-electron chi connectivity index (χ0n) is 41.2. The van der Waals surface area contributed by atoms with Gasteiger partial charge in [0.25, 0.3) is 0 Å². The maximum absolute atomic E-state index is 9.62. The molecule has 0 N–H and O–H groups in total. The Labute approximate surface area is 428 Å². The van der Waals surface area contributed by atoms with Crippen LogP contribution in [0.1, 0.15) is 82.1 Å². The maximum Gasteiger partial charge on any atom is 0.195 e. The molecule has 0 aliphatic rings. The summed E-state index contributed by atoms with van der Waals surface area (Å²) < 4.78 is 10.1. The van der Waals surface area contributed by atoms with Crippen LogP contribution in [-0.2, 0) is 25.5 Å². The molecule has 0 saturated heterocycles. The van der Waals surface area contributed by atoms with Crippen molar-refractivity contribution < 1.29 is 24.5 Å². The number of fused-ring (bicyclic) bond motifs is 8. The fourth-order valence-electron chi connectivity index (χ4n) is 9.21. The Balaban J connectivity index is 0.000000304. The number of imidazole rings is 1. The van der Waals surface area contributed by atoms with E-state index < -0.39 is 8.07 Å². The Morgan fingerprint density at radius 1 is 0.714 bits per heavy atom. The van der Waals surface area contributed by atoms with Crippen LogP contribution in [0.2, 0.25) is 19.6 Å². The molecule has 70 heavy (non-hydrogen) atoms. The average molecular weight is 1130 g/mol. The Kier molecular flexibility index (Phi) is 13.1. The van der Waals surface area contributed by atoms with Crippen molar-refractivity contribution in [1.82, 2.24) is 24.5 Å². The van der Waals surface area contributed by atoms with Crippen molar-refractivity contribution >= 4 is 78.6 Å². The molecular weight excluding hydrogens is 1070 g/mol. The summed E-state index contributed by atoms with van der Waals surface area (Å²) in [5.41, 5.74) is 13.1. The topological polar surface area (TPSA) is 93.4 Å². The van der Waals surface area contributed by atoms with Gasteiger partial charge in [-0.3, -0.25) is 15.0 Å². The predicted octanol–water partition coefficient (Wildman–Crippen LogP) is 15.7. The normalized spacial score (nSPS) is 12.0. The quantitative estimate of drug-likeness (QED) is 0.117. The number of rotatable bonds is 7. The number of hydrogen-bond acceptors (Lipinski definition) is 7. The van der Waals surface area contributed by atoms with Crippen molar-refractivity contribution in [2.45, 2.75) is 85.4 Å². The van der Waals surface area contributed by atoms with E-state index in [1.54, 1.807) is 0 Å². The molecule has 11 aromatic rings. The van der Waals surface area contributed by atoms with E-state index in [1.165, 1.54) is 38.8 Å². The second-order valence-corrected chi connectivity index (χ2v) is 26.6. The van der Waals surface area contributed by atoms with E-state index in [-0.39, 0.29) is 37.4 Å². The molecule has 0 bridgehead atoms. The molecule has 0 fully saturated rings. The zero-order valence-corrected chi connectivity index (χ0v) is 45.4. The Morgan fingerprint density at radius 3 is 2.10 bits per heavy atom. The molecule has 351 valence electrons. The van der Waals surface area contributed by atoms with E-state index in [1.807, 2.05) is 48.7 Å². The van der Waals surface area contributed by atoms with Gasteiger partial charge in [-0.25, -0.2) is 4.98 Å². The average Bonchev–Trinajstić information content (AvgIpc) is 4.07. The third kappa shape index (κ3) is 8.93. The van der Waals surface area contributed by atoms with Gasteiger partial charge < -0.3 is 8.98 Å². The fourth-order valence-corrected chi connectivity index (χ4v) is 11.1. The summed E-state index contributed by atoms with van der Waals surface area (Å²) in [6.45, 7) is 22.8. The van der Waals surface area contributed by atoms with Gasteiger partial charge in [0.15, 0.2) is 5.01 Å². The first-order chi connectivity index (χ1) is 33.1. The molecule has 0 unspecified atom stereocenters. The molecule has 4 aromatic heterocycles. The minimum Gasteiger partial charge on any atom is -0.498 e. The number of aromatic nitrogens is 5. The van der Waals surface area contributed by atoms with Crippen LogP contribution < -0.4 is 5.19 Å². The molecular formula is C60H54IrN6OSSi-2. The standard InChI is InChI=1S/C46H39N4OSSi.C14H15N2.Ir/c1-26(2)36-23-30(28-15-18-31(19-16-28)53(5,6)7)24-37(27(3)4)42(36)50-43-32-12-9-8-11-29(32)17-21-38(43)48-46(50)35-14-10-13-33-34-20-22-39-41(45(34)51-44(33)35)49-40(25-47)52-39;1-14(2,3)12-9-10-15-13(16-12)11-7-5-4-6-8-11;/h8-13,15-24,26-27H,1-7H3;4-7,9-10H,1-3H3;/q2*-1;. The summed E-state index contributed by atoms with van der Waals surface area (Å²) in [6.07, 6.45) is 1.81. The molecule has 0 saturated carbocycles.